The zero-order valence-electron chi connectivity index (χ0n) is 9.72. The van der Waals surface area contributed by atoms with Crippen LogP contribution >= 0.6 is 11.8 Å². The van der Waals surface area contributed by atoms with Gasteiger partial charge in [-0.2, -0.15) is 0 Å². The van der Waals surface area contributed by atoms with E-state index in [9.17, 15) is 4.79 Å². The van der Waals surface area contributed by atoms with Crippen LogP contribution in [0.5, 0.6) is 5.75 Å². The van der Waals surface area contributed by atoms with Gasteiger partial charge in [-0.15, -0.1) is 11.8 Å². The van der Waals surface area contributed by atoms with Gasteiger partial charge in [-0.3, -0.25) is 4.79 Å². The molecule has 0 N–H and O–H groups in total. The predicted octanol–water partition coefficient (Wildman–Crippen LogP) is 3.30. The van der Waals surface area contributed by atoms with Gasteiger partial charge in [0, 0.05) is 16.6 Å². The van der Waals surface area contributed by atoms with Crippen LogP contribution in [-0.2, 0) is 4.79 Å². The molecule has 1 saturated carbocycles. The summed E-state index contributed by atoms with van der Waals surface area (Å²) in [5.41, 5.74) is 0. The Morgan fingerprint density at radius 3 is 2.82 bits per heavy atom. The van der Waals surface area contributed by atoms with Gasteiger partial charge < -0.3 is 4.74 Å². The lowest BCUT2D eigenvalue weighted by atomic mass is 9.99. The van der Waals surface area contributed by atoms with Gasteiger partial charge in [0.1, 0.15) is 5.75 Å². The van der Waals surface area contributed by atoms with Gasteiger partial charge in [0.2, 0.25) is 0 Å². The lowest BCUT2D eigenvalue weighted by molar-refractivity contribution is -0.128. The van der Waals surface area contributed by atoms with Crippen LogP contribution in [0.25, 0.3) is 0 Å². The predicted molar refractivity (Wildman–Crippen MR) is 68.5 cm³/mol. The van der Waals surface area contributed by atoms with Gasteiger partial charge in [-0.1, -0.05) is 25.0 Å². The highest BCUT2D eigenvalue weighted by molar-refractivity contribution is 7.99. The SMILES string of the molecule is O=C(C1CCCC1)C1CSc2ccccc2O1. The second-order valence-corrected chi connectivity index (χ2v) is 5.81. The van der Waals surface area contributed by atoms with Crippen molar-refractivity contribution < 1.29 is 9.53 Å². The third kappa shape index (κ3) is 2.21. The molecule has 0 saturated heterocycles. The summed E-state index contributed by atoms with van der Waals surface area (Å²) in [6.07, 6.45) is 4.30. The number of carbonyl (C=O) groups excluding carboxylic acids is 1. The Kier molecular flexibility index (Phi) is 3.10. The molecule has 1 aliphatic heterocycles. The standard InChI is InChI=1S/C14H16O2S/c15-14(10-5-1-2-6-10)12-9-17-13-8-4-3-7-11(13)16-12/h3-4,7-8,10,12H,1-2,5-6,9H2. The highest BCUT2D eigenvalue weighted by Gasteiger charge is 2.33. The van der Waals surface area contributed by atoms with Crippen molar-refractivity contribution >= 4 is 17.5 Å². The van der Waals surface area contributed by atoms with Gasteiger partial charge in [0.15, 0.2) is 11.9 Å². The molecule has 1 atom stereocenters. The molecule has 1 heterocycles. The molecule has 0 amide bonds. The van der Waals surface area contributed by atoms with E-state index in [2.05, 4.69) is 6.07 Å². The van der Waals surface area contributed by atoms with Crippen molar-refractivity contribution in [1.82, 2.24) is 0 Å². The highest BCUT2D eigenvalue weighted by Crippen LogP contribution is 2.37. The maximum absolute atomic E-state index is 12.3. The Bertz CT molecular complexity index is 424. The van der Waals surface area contributed by atoms with E-state index in [-0.39, 0.29) is 12.0 Å². The van der Waals surface area contributed by atoms with Crippen molar-refractivity contribution in [2.24, 2.45) is 5.92 Å². The first kappa shape index (κ1) is 11.1. The number of benzene rings is 1. The van der Waals surface area contributed by atoms with E-state index in [4.69, 9.17) is 4.74 Å². The number of Topliss-reactive ketones (excluding diaryl/α,β-unsaturated/α-hetero) is 1. The van der Waals surface area contributed by atoms with Gasteiger partial charge in [0.05, 0.1) is 0 Å². The summed E-state index contributed by atoms with van der Waals surface area (Å²) >= 11 is 1.74. The summed E-state index contributed by atoms with van der Waals surface area (Å²) in [5, 5.41) is 0. The minimum absolute atomic E-state index is 0.224. The Labute approximate surface area is 106 Å². The van der Waals surface area contributed by atoms with E-state index >= 15 is 0 Å². The highest BCUT2D eigenvalue weighted by atomic mass is 32.2. The summed E-state index contributed by atoms with van der Waals surface area (Å²) in [6.45, 7) is 0. The van der Waals surface area contributed by atoms with Crippen LogP contribution in [0.3, 0.4) is 0 Å². The zero-order valence-corrected chi connectivity index (χ0v) is 10.5. The van der Waals surface area contributed by atoms with Crippen molar-refractivity contribution in [3.8, 4) is 5.75 Å². The maximum atomic E-state index is 12.3. The second-order valence-electron chi connectivity index (χ2n) is 4.75. The molecular formula is C14H16O2S. The molecule has 1 unspecified atom stereocenters. The molecule has 0 spiro atoms. The van der Waals surface area contributed by atoms with Crippen molar-refractivity contribution in [1.29, 1.82) is 0 Å². The lowest BCUT2D eigenvalue weighted by Gasteiger charge is -2.26. The molecule has 3 heteroatoms. The fraction of sp³-hybridized carbons (Fsp3) is 0.500. The normalized spacial score (nSPS) is 24.1. The van der Waals surface area contributed by atoms with Crippen molar-refractivity contribution in [3.05, 3.63) is 24.3 Å². The summed E-state index contributed by atoms with van der Waals surface area (Å²) < 4.78 is 5.84. The van der Waals surface area contributed by atoms with Crippen LogP contribution < -0.4 is 4.74 Å². The zero-order chi connectivity index (χ0) is 11.7. The molecule has 0 radical (unpaired) electrons. The van der Waals surface area contributed by atoms with Gasteiger partial charge in [-0.05, 0) is 25.0 Å². The van der Waals surface area contributed by atoms with Crippen molar-refractivity contribution in [3.63, 3.8) is 0 Å². The summed E-state index contributed by atoms with van der Waals surface area (Å²) in [4.78, 5) is 13.4. The number of thioether (sulfide) groups is 1. The van der Waals surface area contributed by atoms with Gasteiger partial charge >= 0.3 is 0 Å². The Morgan fingerprint density at radius 2 is 2.00 bits per heavy atom. The van der Waals surface area contributed by atoms with E-state index in [1.807, 2.05) is 18.2 Å². The van der Waals surface area contributed by atoms with Crippen LogP contribution in [0.4, 0.5) is 0 Å². The first-order valence-electron chi connectivity index (χ1n) is 6.27. The van der Waals surface area contributed by atoms with E-state index < -0.39 is 0 Å². The number of hydrogen-bond donors (Lipinski definition) is 0. The average Bonchev–Trinajstić information content (AvgIpc) is 2.91. The molecule has 1 aromatic carbocycles. The number of ether oxygens (including phenoxy) is 1. The van der Waals surface area contributed by atoms with E-state index in [1.165, 1.54) is 12.8 Å². The van der Waals surface area contributed by atoms with Crippen LogP contribution in [0.1, 0.15) is 25.7 Å². The smallest absolute Gasteiger partial charge is 0.177 e. The molecule has 0 aromatic heterocycles. The van der Waals surface area contributed by atoms with Crippen molar-refractivity contribution in [2.45, 2.75) is 36.7 Å². The number of hydrogen-bond acceptors (Lipinski definition) is 3. The van der Waals surface area contributed by atoms with Crippen molar-refractivity contribution in [2.75, 3.05) is 5.75 Å². The second kappa shape index (κ2) is 4.73. The maximum Gasteiger partial charge on any atom is 0.177 e. The fourth-order valence-electron chi connectivity index (χ4n) is 2.63. The molecule has 3 rings (SSSR count). The average molecular weight is 248 g/mol. The number of para-hydroxylation sites is 1. The van der Waals surface area contributed by atoms with Crippen LogP contribution in [0.15, 0.2) is 29.2 Å². The molecule has 2 nitrogen and oxygen atoms in total. The quantitative estimate of drug-likeness (QED) is 0.803. The topological polar surface area (TPSA) is 26.3 Å². The number of ketones is 1. The Balaban J connectivity index is 1.73. The first-order chi connectivity index (χ1) is 8.34. The molecular weight excluding hydrogens is 232 g/mol. The largest absolute Gasteiger partial charge is 0.481 e. The van der Waals surface area contributed by atoms with Crippen LogP contribution in [0.2, 0.25) is 0 Å². The molecule has 17 heavy (non-hydrogen) atoms. The summed E-state index contributed by atoms with van der Waals surface area (Å²) in [7, 11) is 0. The molecule has 1 aliphatic carbocycles. The lowest BCUT2D eigenvalue weighted by Crippen LogP contribution is -2.36. The molecule has 1 aromatic rings. The van der Waals surface area contributed by atoms with Gasteiger partial charge in [0.25, 0.3) is 0 Å². The number of rotatable bonds is 2. The molecule has 0 bridgehead atoms. The van der Waals surface area contributed by atoms with E-state index in [0.29, 0.717) is 5.78 Å². The summed E-state index contributed by atoms with van der Waals surface area (Å²) in [6, 6.07) is 7.98. The third-order valence-corrected chi connectivity index (χ3v) is 4.70. The monoisotopic (exact) mass is 248 g/mol. The molecule has 2 aliphatic rings. The van der Waals surface area contributed by atoms with E-state index in [0.717, 1.165) is 29.2 Å². The first-order valence-corrected chi connectivity index (χ1v) is 7.25. The minimum atomic E-state index is -0.224. The van der Waals surface area contributed by atoms with E-state index in [1.54, 1.807) is 11.8 Å². The minimum Gasteiger partial charge on any atom is -0.481 e. The summed E-state index contributed by atoms with van der Waals surface area (Å²) in [5.74, 6) is 2.22. The number of carbonyl (C=O) groups is 1. The number of fused-ring (bicyclic) bond motifs is 1. The molecule has 1 fully saturated rings. The third-order valence-electron chi connectivity index (χ3n) is 3.58. The van der Waals surface area contributed by atoms with Gasteiger partial charge in [-0.25, -0.2) is 0 Å². The Morgan fingerprint density at radius 1 is 1.24 bits per heavy atom. The Hall–Kier alpha value is -0.960. The van der Waals surface area contributed by atoms with Crippen LogP contribution in [-0.4, -0.2) is 17.6 Å². The van der Waals surface area contributed by atoms with Crippen LogP contribution in [0, 0.1) is 5.92 Å². The fourth-order valence-corrected chi connectivity index (χ4v) is 3.63. The molecule has 90 valence electrons.